The van der Waals surface area contributed by atoms with Gasteiger partial charge in [-0.05, 0) is 31.0 Å². The van der Waals surface area contributed by atoms with E-state index in [4.69, 9.17) is 0 Å². The molecule has 0 bridgehead atoms. The number of nitrogens with zero attached hydrogens (tertiary/aromatic N) is 2. The summed E-state index contributed by atoms with van der Waals surface area (Å²) >= 11 is 0. The van der Waals surface area contributed by atoms with Crippen LogP contribution in [0.2, 0.25) is 0 Å². The van der Waals surface area contributed by atoms with Crippen LogP contribution < -0.4 is 10.4 Å². The van der Waals surface area contributed by atoms with Gasteiger partial charge in [0.05, 0.1) is 11.1 Å². The van der Waals surface area contributed by atoms with E-state index < -0.39 is 0 Å². The predicted octanol–water partition coefficient (Wildman–Crippen LogP) is 1.53. The molecule has 2 rings (SSSR count). The van der Waals surface area contributed by atoms with E-state index in [9.17, 15) is 14.4 Å². The second-order valence-electron chi connectivity index (χ2n) is 5.18. The molecule has 0 aliphatic carbocycles. The number of aromatic nitrogens is 1. The average molecular weight is 286 g/mol. The van der Waals surface area contributed by atoms with E-state index in [0.29, 0.717) is 18.2 Å². The van der Waals surface area contributed by atoms with Gasteiger partial charge in [0.25, 0.3) is 0 Å². The van der Waals surface area contributed by atoms with Gasteiger partial charge in [-0.15, -0.1) is 0 Å². The minimum atomic E-state index is -0.261. The largest absolute Gasteiger partial charge is 0.319 e. The molecule has 1 aromatic carbocycles. The van der Waals surface area contributed by atoms with E-state index in [1.807, 2.05) is 26.2 Å². The lowest BCUT2D eigenvalue weighted by Crippen LogP contribution is -2.29. The molecule has 5 nitrogen and oxygen atoms in total. The zero-order valence-electron chi connectivity index (χ0n) is 12.4. The summed E-state index contributed by atoms with van der Waals surface area (Å²) in [6.45, 7) is 1.39. The van der Waals surface area contributed by atoms with Crippen LogP contribution in [0.15, 0.2) is 29.2 Å². The molecule has 0 amide bonds. The molecule has 5 heteroatoms. The van der Waals surface area contributed by atoms with Gasteiger partial charge >= 0.3 is 0 Å². The standard InChI is InChI=1S/C16H18N2O3/c1-11(20)14-10-18(17(2)3)15-7-6-12(5-4-8-19)9-13(15)16(14)21/h6-10H,4-5H2,1-3H3. The number of ketones is 1. The number of rotatable bonds is 5. The molecule has 0 radical (unpaired) electrons. The lowest BCUT2D eigenvalue weighted by molar-refractivity contribution is -0.107. The third kappa shape index (κ3) is 2.86. The minimum Gasteiger partial charge on any atom is -0.319 e. The van der Waals surface area contributed by atoms with E-state index in [-0.39, 0.29) is 16.8 Å². The zero-order valence-corrected chi connectivity index (χ0v) is 12.4. The zero-order chi connectivity index (χ0) is 15.6. The molecule has 0 aliphatic heterocycles. The molecule has 2 aromatic rings. The fourth-order valence-electron chi connectivity index (χ4n) is 2.32. The lowest BCUT2D eigenvalue weighted by atomic mass is 10.0. The Morgan fingerprint density at radius 3 is 2.62 bits per heavy atom. The Labute approximate surface area is 122 Å². The molecule has 0 aliphatic rings. The second-order valence-corrected chi connectivity index (χ2v) is 5.18. The summed E-state index contributed by atoms with van der Waals surface area (Å²) in [5.41, 5.74) is 1.56. The van der Waals surface area contributed by atoms with Gasteiger partial charge in [0, 0.05) is 32.1 Å². The number of aryl methyl sites for hydroxylation is 1. The summed E-state index contributed by atoms with van der Waals surface area (Å²) in [5, 5.41) is 2.30. The molecule has 21 heavy (non-hydrogen) atoms. The molecular formula is C16H18N2O3. The summed E-state index contributed by atoms with van der Waals surface area (Å²) in [6, 6.07) is 5.52. The van der Waals surface area contributed by atoms with Crippen LogP contribution in [0.25, 0.3) is 10.9 Å². The summed E-state index contributed by atoms with van der Waals surface area (Å²) in [7, 11) is 3.68. The van der Waals surface area contributed by atoms with Crippen molar-refractivity contribution < 1.29 is 9.59 Å². The topological polar surface area (TPSA) is 59.4 Å². The number of pyridine rings is 1. The Morgan fingerprint density at radius 2 is 2.05 bits per heavy atom. The molecule has 0 spiro atoms. The van der Waals surface area contributed by atoms with E-state index in [2.05, 4.69) is 0 Å². The molecule has 0 unspecified atom stereocenters. The van der Waals surface area contributed by atoms with Crippen molar-refractivity contribution in [3.05, 3.63) is 45.7 Å². The number of carbonyl (C=O) groups excluding carboxylic acids is 2. The van der Waals surface area contributed by atoms with Crippen molar-refractivity contribution in [2.45, 2.75) is 19.8 Å². The van der Waals surface area contributed by atoms with Crippen molar-refractivity contribution >= 4 is 23.0 Å². The number of Topliss-reactive ketones (excluding diaryl/α,β-unsaturated/α-hetero) is 1. The SMILES string of the molecule is CC(=O)c1cn(N(C)C)c2ccc(CCC=O)cc2c1=O. The summed E-state index contributed by atoms with van der Waals surface area (Å²) < 4.78 is 1.77. The smallest absolute Gasteiger partial charge is 0.200 e. The van der Waals surface area contributed by atoms with Crippen LogP contribution in [0.5, 0.6) is 0 Å². The quantitative estimate of drug-likeness (QED) is 0.618. The average Bonchev–Trinajstić information content (AvgIpc) is 2.45. The summed E-state index contributed by atoms with van der Waals surface area (Å²) in [4.78, 5) is 34.6. The van der Waals surface area contributed by atoms with Crippen LogP contribution in [-0.4, -0.2) is 30.8 Å². The first-order valence-corrected chi connectivity index (χ1v) is 6.76. The summed E-state index contributed by atoms with van der Waals surface area (Å²) in [5.74, 6) is -0.254. The van der Waals surface area contributed by atoms with Crippen LogP contribution in [-0.2, 0) is 11.2 Å². The third-order valence-electron chi connectivity index (χ3n) is 3.41. The Morgan fingerprint density at radius 1 is 1.33 bits per heavy atom. The van der Waals surface area contributed by atoms with Crippen LogP contribution in [0.4, 0.5) is 0 Å². The monoisotopic (exact) mass is 286 g/mol. The van der Waals surface area contributed by atoms with E-state index in [1.54, 1.807) is 21.9 Å². The van der Waals surface area contributed by atoms with Gasteiger partial charge in [-0.2, -0.15) is 0 Å². The van der Waals surface area contributed by atoms with Crippen LogP contribution >= 0.6 is 0 Å². The number of fused-ring (bicyclic) bond motifs is 1. The Kier molecular flexibility index (Phi) is 4.21. The van der Waals surface area contributed by atoms with Crippen molar-refractivity contribution in [3.63, 3.8) is 0 Å². The minimum absolute atomic E-state index is 0.170. The van der Waals surface area contributed by atoms with Crippen molar-refractivity contribution in [1.82, 2.24) is 4.68 Å². The Bertz CT molecular complexity index is 760. The molecule has 0 N–H and O–H groups in total. The second kappa shape index (κ2) is 5.91. The number of aldehydes is 1. The normalized spacial score (nSPS) is 10.6. The lowest BCUT2D eigenvalue weighted by Gasteiger charge is -2.20. The first kappa shape index (κ1) is 15.0. The Hall–Kier alpha value is -2.43. The number of carbonyl (C=O) groups is 2. The first-order chi connectivity index (χ1) is 9.95. The van der Waals surface area contributed by atoms with Crippen LogP contribution in [0.1, 0.15) is 29.3 Å². The van der Waals surface area contributed by atoms with Crippen LogP contribution in [0.3, 0.4) is 0 Å². The predicted molar refractivity (Wildman–Crippen MR) is 82.7 cm³/mol. The van der Waals surface area contributed by atoms with E-state index in [0.717, 1.165) is 17.4 Å². The van der Waals surface area contributed by atoms with Gasteiger partial charge in [-0.3, -0.25) is 14.3 Å². The molecule has 110 valence electrons. The number of benzene rings is 1. The highest BCUT2D eigenvalue weighted by atomic mass is 16.1. The molecule has 1 heterocycles. The highest BCUT2D eigenvalue weighted by molar-refractivity contribution is 5.97. The van der Waals surface area contributed by atoms with Gasteiger partial charge in [0.1, 0.15) is 6.29 Å². The fourth-order valence-corrected chi connectivity index (χ4v) is 2.32. The highest BCUT2D eigenvalue weighted by Crippen LogP contribution is 2.15. The maximum absolute atomic E-state index is 12.4. The highest BCUT2D eigenvalue weighted by Gasteiger charge is 2.13. The van der Waals surface area contributed by atoms with Gasteiger partial charge in [0.2, 0.25) is 0 Å². The molecule has 0 saturated heterocycles. The molecule has 0 fully saturated rings. The summed E-state index contributed by atoms with van der Waals surface area (Å²) in [6.07, 6.45) is 3.43. The molecular weight excluding hydrogens is 268 g/mol. The molecule has 1 aromatic heterocycles. The maximum atomic E-state index is 12.4. The van der Waals surface area contributed by atoms with E-state index in [1.165, 1.54) is 6.92 Å². The van der Waals surface area contributed by atoms with Gasteiger partial charge in [-0.1, -0.05) is 6.07 Å². The van der Waals surface area contributed by atoms with Crippen LogP contribution in [0, 0.1) is 0 Å². The van der Waals surface area contributed by atoms with Crippen molar-refractivity contribution in [2.24, 2.45) is 0 Å². The fraction of sp³-hybridized carbons (Fsp3) is 0.312. The van der Waals surface area contributed by atoms with Crippen molar-refractivity contribution in [2.75, 3.05) is 19.1 Å². The number of hydrogen-bond acceptors (Lipinski definition) is 4. The maximum Gasteiger partial charge on any atom is 0.200 e. The van der Waals surface area contributed by atoms with Gasteiger partial charge in [-0.25, -0.2) is 0 Å². The first-order valence-electron chi connectivity index (χ1n) is 6.76. The Balaban J connectivity index is 2.75. The van der Waals surface area contributed by atoms with E-state index >= 15 is 0 Å². The van der Waals surface area contributed by atoms with Crippen molar-refractivity contribution in [3.8, 4) is 0 Å². The molecule has 0 saturated carbocycles. The third-order valence-corrected chi connectivity index (χ3v) is 3.41. The molecule has 0 atom stereocenters. The van der Waals surface area contributed by atoms with Gasteiger partial charge < -0.3 is 9.80 Å². The van der Waals surface area contributed by atoms with Gasteiger partial charge in [0.15, 0.2) is 11.2 Å². The van der Waals surface area contributed by atoms with Crippen molar-refractivity contribution in [1.29, 1.82) is 0 Å². The number of hydrogen-bond donors (Lipinski definition) is 0.